The lowest BCUT2D eigenvalue weighted by Gasteiger charge is -2.33. The van der Waals surface area contributed by atoms with Crippen LogP contribution in [0.1, 0.15) is 61.3 Å². The zero-order chi connectivity index (χ0) is 20.7. The lowest BCUT2D eigenvalue weighted by atomic mass is 10.1. The Morgan fingerprint density at radius 3 is 1.81 bits per heavy atom. The number of hydrogen-bond acceptors (Lipinski definition) is 6. The van der Waals surface area contributed by atoms with Gasteiger partial charge >= 0.3 is 12.1 Å². The molecule has 0 spiro atoms. The topological polar surface area (TPSA) is 116 Å². The van der Waals surface area contributed by atoms with Crippen molar-refractivity contribution in [3.05, 3.63) is 11.3 Å². The predicted molar refractivity (Wildman–Crippen MR) is 96.0 cm³/mol. The highest BCUT2D eigenvalue weighted by atomic mass is 16.6. The molecule has 1 aliphatic rings. The summed E-state index contributed by atoms with van der Waals surface area (Å²) >= 11 is 0. The summed E-state index contributed by atoms with van der Waals surface area (Å²) in [5, 5.41) is 0. The Morgan fingerprint density at radius 1 is 1.12 bits per heavy atom. The average Bonchev–Trinajstić information content (AvgIpc) is 2.41. The third-order valence-corrected chi connectivity index (χ3v) is 2.95. The first-order valence-corrected chi connectivity index (χ1v) is 8.42. The van der Waals surface area contributed by atoms with Gasteiger partial charge in [-0.3, -0.25) is 9.59 Å². The maximum Gasteiger partial charge on any atom is 0.405 e. The molecular weight excluding hydrogens is 340 g/mol. The zero-order valence-electron chi connectivity index (χ0n) is 16.7. The molecule has 0 aromatic carbocycles. The van der Waals surface area contributed by atoms with Crippen molar-refractivity contribution in [3.63, 3.8) is 0 Å². The second-order valence-corrected chi connectivity index (χ2v) is 7.68. The SMILES string of the molecule is CC(C)(C)OC(N)=O.CC/C(C=O)=C(/C(=O)OC(C)(C)C)N1CCC1=O. The van der Waals surface area contributed by atoms with Crippen LogP contribution in [0.4, 0.5) is 4.79 Å². The van der Waals surface area contributed by atoms with Gasteiger partial charge in [0.2, 0.25) is 5.91 Å². The lowest BCUT2D eigenvalue weighted by molar-refractivity contribution is -0.156. The van der Waals surface area contributed by atoms with Crippen LogP contribution in [0.15, 0.2) is 11.3 Å². The fourth-order valence-electron chi connectivity index (χ4n) is 1.90. The predicted octanol–water partition coefficient (Wildman–Crippen LogP) is 2.30. The number of carbonyl (C=O) groups excluding carboxylic acids is 4. The van der Waals surface area contributed by atoms with Crippen molar-refractivity contribution < 1.29 is 28.7 Å². The van der Waals surface area contributed by atoms with Crippen LogP contribution in [0.5, 0.6) is 0 Å². The van der Waals surface area contributed by atoms with Crippen molar-refractivity contribution in [2.75, 3.05) is 6.54 Å². The van der Waals surface area contributed by atoms with Gasteiger partial charge in [-0.2, -0.15) is 0 Å². The van der Waals surface area contributed by atoms with E-state index < -0.39 is 23.3 Å². The molecular formula is C18H30N2O6. The Labute approximate surface area is 154 Å². The fraction of sp³-hybridized carbons (Fsp3) is 0.667. The number of rotatable bonds is 4. The van der Waals surface area contributed by atoms with E-state index in [1.165, 1.54) is 4.90 Å². The minimum atomic E-state index is -0.725. The standard InChI is InChI=1S/C13H19NO4.C5H11NO2/c1-5-9(8-15)11(14-7-6-10(14)16)12(17)18-13(2,3)4;1-5(2,3)8-4(6)7/h8H,5-7H2,1-4H3;1-3H3,(H2,6,7)/b11-9+;. The Kier molecular flexibility index (Phi) is 8.50. The third-order valence-electron chi connectivity index (χ3n) is 2.95. The number of hydrogen-bond donors (Lipinski definition) is 1. The number of aldehydes is 1. The Morgan fingerprint density at radius 2 is 1.62 bits per heavy atom. The smallest absolute Gasteiger partial charge is 0.405 e. The monoisotopic (exact) mass is 370 g/mol. The van der Waals surface area contributed by atoms with Gasteiger partial charge in [-0.1, -0.05) is 6.92 Å². The molecule has 148 valence electrons. The Balaban J connectivity index is 0.000000660. The van der Waals surface area contributed by atoms with Crippen LogP contribution in [0.3, 0.4) is 0 Å². The minimum absolute atomic E-state index is 0.0960. The number of nitrogens with zero attached hydrogens (tertiary/aromatic N) is 1. The summed E-state index contributed by atoms with van der Waals surface area (Å²) in [5.74, 6) is -0.761. The van der Waals surface area contributed by atoms with Crippen molar-refractivity contribution in [3.8, 4) is 0 Å². The highest BCUT2D eigenvalue weighted by Crippen LogP contribution is 2.23. The second kappa shape index (κ2) is 9.35. The molecule has 0 aromatic heterocycles. The van der Waals surface area contributed by atoms with Gasteiger partial charge in [0.1, 0.15) is 23.2 Å². The van der Waals surface area contributed by atoms with Crippen molar-refractivity contribution in [1.29, 1.82) is 0 Å². The normalized spacial score (nSPS) is 15.0. The molecule has 8 heteroatoms. The molecule has 26 heavy (non-hydrogen) atoms. The molecule has 1 rings (SSSR count). The largest absolute Gasteiger partial charge is 0.455 e. The third kappa shape index (κ3) is 8.64. The number of nitrogens with two attached hydrogens (primary N) is 1. The number of esters is 1. The van der Waals surface area contributed by atoms with Crippen molar-refractivity contribution in [1.82, 2.24) is 4.90 Å². The van der Waals surface area contributed by atoms with Crippen LogP contribution in [-0.4, -0.2) is 46.9 Å². The van der Waals surface area contributed by atoms with Crippen LogP contribution >= 0.6 is 0 Å². The number of primary amides is 1. The molecule has 2 N–H and O–H groups in total. The molecule has 0 saturated carbocycles. The van der Waals surface area contributed by atoms with Crippen LogP contribution < -0.4 is 5.73 Å². The van der Waals surface area contributed by atoms with E-state index in [1.54, 1.807) is 48.5 Å². The summed E-state index contributed by atoms with van der Waals surface area (Å²) in [5.41, 5.74) is 4.01. The molecule has 1 heterocycles. The summed E-state index contributed by atoms with van der Waals surface area (Å²) in [4.78, 5) is 45.8. The quantitative estimate of drug-likeness (QED) is 0.351. The Hall–Kier alpha value is -2.38. The molecule has 0 atom stereocenters. The molecule has 0 bridgehead atoms. The molecule has 0 radical (unpaired) electrons. The van der Waals surface area contributed by atoms with E-state index in [2.05, 4.69) is 4.74 Å². The second-order valence-electron chi connectivity index (χ2n) is 7.68. The van der Waals surface area contributed by atoms with Crippen molar-refractivity contribution in [2.24, 2.45) is 5.73 Å². The van der Waals surface area contributed by atoms with Gasteiger partial charge in [-0.15, -0.1) is 0 Å². The maximum atomic E-state index is 12.1. The zero-order valence-corrected chi connectivity index (χ0v) is 16.7. The van der Waals surface area contributed by atoms with E-state index in [4.69, 9.17) is 10.5 Å². The first kappa shape index (κ1) is 23.6. The van der Waals surface area contributed by atoms with E-state index in [0.29, 0.717) is 31.2 Å². The lowest BCUT2D eigenvalue weighted by Crippen LogP contribution is -2.46. The van der Waals surface area contributed by atoms with Crippen LogP contribution in [0.25, 0.3) is 0 Å². The minimum Gasteiger partial charge on any atom is -0.455 e. The van der Waals surface area contributed by atoms with E-state index >= 15 is 0 Å². The van der Waals surface area contributed by atoms with E-state index in [0.717, 1.165) is 0 Å². The van der Waals surface area contributed by atoms with Crippen LogP contribution in [0, 0.1) is 0 Å². The number of carbonyl (C=O) groups is 4. The number of amides is 2. The van der Waals surface area contributed by atoms with Gasteiger partial charge in [0.15, 0.2) is 0 Å². The summed E-state index contributed by atoms with van der Waals surface area (Å²) in [6, 6.07) is 0. The molecule has 1 fully saturated rings. The van der Waals surface area contributed by atoms with Gasteiger partial charge in [0.25, 0.3) is 0 Å². The average molecular weight is 370 g/mol. The van der Waals surface area contributed by atoms with Crippen molar-refractivity contribution in [2.45, 2.75) is 72.5 Å². The summed E-state index contributed by atoms with van der Waals surface area (Å²) in [7, 11) is 0. The molecule has 1 aliphatic heterocycles. The number of likely N-dealkylation sites (tertiary alicyclic amines) is 1. The highest BCUT2D eigenvalue weighted by molar-refractivity contribution is 6.00. The summed E-state index contributed by atoms with van der Waals surface area (Å²) < 4.78 is 9.82. The fourth-order valence-corrected chi connectivity index (χ4v) is 1.90. The molecule has 0 aliphatic carbocycles. The van der Waals surface area contributed by atoms with Crippen LogP contribution in [0.2, 0.25) is 0 Å². The highest BCUT2D eigenvalue weighted by Gasteiger charge is 2.35. The summed E-state index contributed by atoms with van der Waals surface area (Å²) in [6.45, 7) is 12.7. The van der Waals surface area contributed by atoms with Crippen molar-refractivity contribution >= 4 is 24.3 Å². The molecule has 1 saturated heterocycles. The van der Waals surface area contributed by atoms with E-state index in [1.807, 2.05) is 0 Å². The van der Waals surface area contributed by atoms with E-state index in [9.17, 15) is 19.2 Å². The summed E-state index contributed by atoms with van der Waals surface area (Å²) in [6.07, 6.45) is 0.687. The maximum absolute atomic E-state index is 12.1. The van der Waals surface area contributed by atoms with Gasteiger partial charge < -0.3 is 20.1 Å². The van der Waals surface area contributed by atoms with Gasteiger partial charge in [0, 0.05) is 18.5 Å². The molecule has 2 amide bonds. The Bertz CT molecular complexity index is 581. The van der Waals surface area contributed by atoms with Gasteiger partial charge in [-0.05, 0) is 48.0 Å². The van der Waals surface area contributed by atoms with Gasteiger partial charge in [-0.25, -0.2) is 9.59 Å². The molecule has 8 nitrogen and oxygen atoms in total. The first-order chi connectivity index (χ1) is 11.7. The molecule has 0 aromatic rings. The number of allylic oxidation sites excluding steroid dienone is 1. The first-order valence-electron chi connectivity index (χ1n) is 8.42. The van der Waals surface area contributed by atoms with Gasteiger partial charge in [0.05, 0.1) is 0 Å². The molecule has 0 unspecified atom stereocenters. The van der Waals surface area contributed by atoms with Crippen LogP contribution in [-0.2, 0) is 23.9 Å². The van der Waals surface area contributed by atoms with E-state index in [-0.39, 0.29) is 11.6 Å². The number of β-lactam (4-membered cyclic amide) rings is 1. The number of ether oxygens (including phenoxy) is 2.